The molecule has 0 aliphatic heterocycles. The molecule has 1 heterocycles. The van der Waals surface area contributed by atoms with Crippen LogP contribution < -0.4 is 5.32 Å². The number of nitrogens with one attached hydrogen (secondary N) is 1. The van der Waals surface area contributed by atoms with Crippen LogP contribution in [0.5, 0.6) is 0 Å². The topological polar surface area (TPSA) is 106 Å². The minimum absolute atomic E-state index is 0.0459. The maximum Gasteiger partial charge on any atom is 0.326 e. The average molecular weight is 328 g/mol. The van der Waals surface area contributed by atoms with Gasteiger partial charge < -0.3 is 15.2 Å². The molecule has 2 rings (SSSR count). The zero-order valence-electron chi connectivity index (χ0n) is 12.7. The van der Waals surface area contributed by atoms with Crippen molar-refractivity contribution in [2.45, 2.75) is 19.1 Å². The van der Waals surface area contributed by atoms with Crippen LogP contribution in [0.4, 0.5) is 0 Å². The molecule has 0 bridgehead atoms. The summed E-state index contributed by atoms with van der Waals surface area (Å²) in [5.41, 5.74) is 1.05. The fraction of sp³-hybridized carbons (Fsp3) is 0.176. The molecule has 2 aromatic rings. The van der Waals surface area contributed by atoms with Gasteiger partial charge in [0.15, 0.2) is 0 Å². The van der Waals surface area contributed by atoms with E-state index in [0.717, 1.165) is 5.56 Å². The van der Waals surface area contributed by atoms with Gasteiger partial charge in [-0.15, -0.1) is 0 Å². The van der Waals surface area contributed by atoms with Crippen molar-refractivity contribution in [2.24, 2.45) is 0 Å². The summed E-state index contributed by atoms with van der Waals surface area (Å²) < 4.78 is 5.03. The Kier molecular flexibility index (Phi) is 6.01. The third kappa shape index (κ3) is 5.20. The van der Waals surface area contributed by atoms with Gasteiger partial charge in [0.25, 0.3) is 5.91 Å². The molecule has 1 amide bonds. The van der Waals surface area contributed by atoms with Crippen LogP contribution in [0.2, 0.25) is 0 Å². The maximum absolute atomic E-state index is 12.0. The van der Waals surface area contributed by atoms with Crippen molar-refractivity contribution in [1.82, 2.24) is 10.3 Å². The van der Waals surface area contributed by atoms with E-state index in [9.17, 15) is 14.4 Å². The van der Waals surface area contributed by atoms with Gasteiger partial charge in [-0.2, -0.15) is 0 Å². The minimum Gasteiger partial charge on any atom is -0.480 e. The molecular formula is C17H16N2O5. The summed E-state index contributed by atoms with van der Waals surface area (Å²) in [5, 5.41) is 11.5. The number of nitrogens with zero attached hydrogens (tertiary/aromatic N) is 1. The average Bonchev–Trinajstić information content (AvgIpc) is 2.61. The second-order valence-electron chi connectivity index (χ2n) is 4.95. The fourth-order valence-electron chi connectivity index (χ4n) is 1.91. The number of hydrogen-bond donors (Lipinski definition) is 2. The lowest BCUT2D eigenvalue weighted by Gasteiger charge is -2.14. The van der Waals surface area contributed by atoms with Gasteiger partial charge in [-0.25, -0.2) is 4.79 Å². The van der Waals surface area contributed by atoms with Crippen molar-refractivity contribution in [3.63, 3.8) is 0 Å². The molecule has 1 aromatic heterocycles. The summed E-state index contributed by atoms with van der Waals surface area (Å²) in [6.45, 7) is 0.0459. The van der Waals surface area contributed by atoms with Crippen LogP contribution in [0.1, 0.15) is 22.3 Å². The van der Waals surface area contributed by atoms with E-state index in [2.05, 4.69) is 10.3 Å². The number of esters is 1. The third-order valence-corrected chi connectivity index (χ3v) is 3.16. The van der Waals surface area contributed by atoms with Crippen LogP contribution >= 0.6 is 0 Å². The first-order valence-electron chi connectivity index (χ1n) is 7.19. The number of carbonyl (C=O) groups is 3. The molecule has 0 spiro atoms. The Morgan fingerprint density at radius 2 is 1.75 bits per heavy atom. The summed E-state index contributed by atoms with van der Waals surface area (Å²) in [4.78, 5) is 38.8. The van der Waals surface area contributed by atoms with E-state index in [1.807, 2.05) is 6.07 Å². The van der Waals surface area contributed by atoms with E-state index < -0.39 is 30.3 Å². The number of ether oxygens (including phenoxy) is 1. The Hall–Kier alpha value is -3.22. The van der Waals surface area contributed by atoms with Crippen molar-refractivity contribution < 1.29 is 24.2 Å². The molecule has 0 unspecified atom stereocenters. The van der Waals surface area contributed by atoms with Gasteiger partial charge >= 0.3 is 11.9 Å². The molecule has 0 fully saturated rings. The van der Waals surface area contributed by atoms with Gasteiger partial charge in [-0.05, 0) is 17.7 Å². The molecular weight excluding hydrogens is 312 g/mol. The number of amides is 1. The monoisotopic (exact) mass is 328 g/mol. The third-order valence-electron chi connectivity index (χ3n) is 3.16. The van der Waals surface area contributed by atoms with E-state index in [1.54, 1.807) is 24.3 Å². The summed E-state index contributed by atoms with van der Waals surface area (Å²) in [7, 11) is 0. The van der Waals surface area contributed by atoms with Crippen molar-refractivity contribution >= 4 is 17.8 Å². The second-order valence-corrected chi connectivity index (χ2v) is 4.95. The molecule has 0 radical (unpaired) electrons. The Labute approximate surface area is 138 Å². The highest BCUT2D eigenvalue weighted by Gasteiger charge is 2.24. The van der Waals surface area contributed by atoms with Crippen LogP contribution in [-0.2, 0) is 20.9 Å². The van der Waals surface area contributed by atoms with Gasteiger partial charge in [0, 0.05) is 18.0 Å². The van der Waals surface area contributed by atoms with Crippen LogP contribution in [0, 0.1) is 0 Å². The van der Waals surface area contributed by atoms with Crippen LogP contribution in [0.3, 0.4) is 0 Å². The largest absolute Gasteiger partial charge is 0.480 e. The van der Waals surface area contributed by atoms with Crippen LogP contribution in [0.15, 0.2) is 54.9 Å². The smallest absolute Gasteiger partial charge is 0.326 e. The number of carboxylic acid groups (broad SMARTS) is 1. The first-order valence-corrected chi connectivity index (χ1v) is 7.19. The zero-order valence-corrected chi connectivity index (χ0v) is 12.7. The number of carbonyl (C=O) groups excluding carboxylic acids is 2. The number of benzene rings is 1. The lowest BCUT2D eigenvalue weighted by molar-refractivity contribution is -0.150. The maximum atomic E-state index is 12.0. The van der Waals surface area contributed by atoms with Crippen molar-refractivity contribution in [2.75, 3.05) is 0 Å². The van der Waals surface area contributed by atoms with Crippen molar-refractivity contribution in [3.8, 4) is 0 Å². The number of pyridine rings is 1. The van der Waals surface area contributed by atoms with E-state index in [-0.39, 0.29) is 12.2 Å². The lowest BCUT2D eigenvalue weighted by Crippen LogP contribution is -2.42. The quantitative estimate of drug-likeness (QED) is 0.744. The summed E-state index contributed by atoms with van der Waals surface area (Å²) in [6.07, 6.45) is 2.37. The molecule has 24 heavy (non-hydrogen) atoms. The molecule has 7 heteroatoms. The number of aliphatic carboxylic acids is 1. The second kappa shape index (κ2) is 8.42. The van der Waals surface area contributed by atoms with Gasteiger partial charge in [-0.1, -0.05) is 30.3 Å². The lowest BCUT2D eigenvalue weighted by atomic mass is 10.2. The summed E-state index contributed by atoms with van der Waals surface area (Å²) in [5.74, 6) is -2.61. The normalized spacial score (nSPS) is 11.3. The number of carboxylic acids is 1. The van der Waals surface area contributed by atoms with Crippen molar-refractivity contribution in [1.29, 1.82) is 0 Å². The van der Waals surface area contributed by atoms with Gasteiger partial charge in [0.1, 0.15) is 12.6 Å². The molecule has 124 valence electrons. The van der Waals surface area contributed by atoms with Crippen molar-refractivity contribution in [3.05, 3.63) is 66.0 Å². The molecule has 0 aliphatic rings. The zero-order chi connectivity index (χ0) is 17.4. The summed E-state index contributed by atoms with van der Waals surface area (Å²) in [6, 6.07) is 10.5. The van der Waals surface area contributed by atoms with E-state index in [1.165, 1.54) is 24.5 Å². The molecule has 1 atom stereocenters. The summed E-state index contributed by atoms with van der Waals surface area (Å²) >= 11 is 0. The van der Waals surface area contributed by atoms with E-state index in [4.69, 9.17) is 9.84 Å². The minimum atomic E-state index is -1.37. The highest BCUT2D eigenvalue weighted by atomic mass is 16.5. The molecule has 0 saturated carbocycles. The Morgan fingerprint density at radius 3 is 2.38 bits per heavy atom. The van der Waals surface area contributed by atoms with Gasteiger partial charge in [-0.3, -0.25) is 14.6 Å². The Bertz CT molecular complexity index is 703. The van der Waals surface area contributed by atoms with Crippen LogP contribution in [-0.4, -0.2) is 34.0 Å². The Balaban J connectivity index is 1.89. The molecule has 7 nitrogen and oxygen atoms in total. The first-order chi connectivity index (χ1) is 11.6. The van der Waals surface area contributed by atoms with E-state index >= 15 is 0 Å². The molecule has 0 aliphatic carbocycles. The Morgan fingerprint density at radius 1 is 1.08 bits per heavy atom. The predicted octanol–water partition coefficient (Wildman–Crippen LogP) is 1.40. The predicted molar refractivity (Wildman–Crippen MR) is 84.0 cm³/mol. The molecule has 0 saturated heterocycles. The number of hydrogen-bond acceptors (Lipinski definition) is 5. The number of aromatic nitrogens is 1. The van der Waals surface area contributed by atoms with E-state index in [0.29, 0.717) is 0 Å². The van der Waals surface area contributed by atoms with Gasteiger partial charge in [0.2, 0.25) is 0 Å². The first kappa shape index (κ1) is 17.1. The fourth-order valence-corrected chi connectivity index (χ4v) is 1.91. The highest BCUT2D eigenvalue weighted by Crippen LogP contribution is 2.04. The number of rotatable bonds is 7. The standard InChI is InChI=1S/C17H16N2O5/c20-15(24-11-12-4-2-1-3-5-12)10-14(17(22)23)19-16(21)13-6-8-18-9-7-13/h1-9,14H,10-11H2,(H,19,21)(H,22,23)/t14-/m0/s1. The molecule has 2 N–H and O–H groups in total. The SMILES string of the molecule is O=C(C[C@H](NC(=O)c1ccncc1)C(=O)O)OCc1ccccc1. The van der Waals surface area contributed by atoms with Gasteiger partial charge in [0.05, 0.1) is 6.42 Å². The molecule has 1 aromatic carbocycles. The highest BCUT2D eigenvalue weighted by molar-refractivity contribution is 5.97. The van der Waals surface area contributed by atoms with Crippen LogP contribution in [0.25, 0.3) is 0 Å².